The van der Waals surface area contributed by atoms with E-state index in [0.29, 0.717) is 5.82 Å². The first-order valence-electron chi connectivity index (χ1n) is 5.48. The van der Waals surface area contributed by atoms with Crippen LogP contribution in [0.1, 0.15) is 15.9 Å². The number of alkyl halides is 3. The molecule has 106 valence electrons. The standard InChI is InChI=1S/C12H10F3N3O2/c1-18-5-4-10(17-18)16-7-2-3-8(11(19)20)9(6-7)12(13,14)15/h2-6H,1H3,(H,16,17)(H,19,20). The van der Waals surface area contributed by atoms with E-state index in [1.54, 1.807) is 19.3 Å². The number of aromatic nitrogens is 2. The number of anilines is 2. The highest BCUT2D eigenvalue weighted by atomic mass is 19.4. The lowest BCUT2D eigenvalue weighted by atomic mass is 10.1. The number of hydrogen-bond donors (Lipinski definition) is 2. The summed E-state index contributed by atoms with van der Waals surface area (Å²) in [7, 11) is 1.67. The molecular weight excluding hydrogens is 275 g/mol. The number of benzene rings is 1. The molecule has 5 nitrogen and oxygen atoms in total. The molecule has 0 spiro atoms. The third kappa shape index (κ3) is 2.90. The number of nitrogens with zero attached hydrogens (tertiary/aromatic N) is 2. The molecular formula is C12H10F3N3O2. The molecule has 0 aliphatic carbocycles. The maximum absolute atomic E-state index is 12.8. The van der Waals surface area contributed by atoms with Crippen molar-refractivity contribution in [3.05, 3.63) is 41.6 Å². The van der Waals surface area contributed by atoms with Gasteiger partial charge in [-0.05, 0) is 18.2 Å². The lowest BCUT2D eigenvalue weighted by Gasteiger charge is -2.12. The van der Waals surface area contributed by atoms with E-state index in [4.69, 9.17) is 5.11 Å². The number of carboxylic acids is 1. The topological polar surface area (TPSA) is 67.2 Å². The van der Waals surface area contributed by atoms with Crippen molar-refractivity contribution in [2.45, 2.75) is 6.18 Å². The highest BCUT2D eigenvalue weighted by Crippen LogP contribution is 2.34. The summed E-state index contributed by atoms with van der Waals surface area (Å²) in [4.78, 5) is 10.8. The van der Waals surface area contributed by atoms with Crippen LogP contribution in [0.15, 0.2) is 30.5 Å². The first-order chi connectivity index (χ1) is 9.27. The van der Waals surface area contributed by atoms with Gasteiger partial charge in [0.25, 0.3) is 0 Å². The SMILES string of the molecule is Cn1ccc(Nc2ccc(C(=O)O)c(C(F)(F)F)c2)n1. The van der Waals surface area contributed by atoms with Crippen LogP contribution in [-0.4, -0.2) is 20.9 Å². The van der Waals surface area contributed by atoms with Crippen molar-refractivity contribution in [2.75, 3.05) is 5.32 Å². The summed E-state index contributed by atoms with van der Waals surface area (Å²) in [5.74, 6) is -1.26. The Hall–Kier alpha value is -2.51. The second-order valence-electron chi connectivity index (χ2n) is 4.06. The Morgan fingerprint density at radius 3 is 2.55 bits per heavy atom. The minimum absolute atomic E-state index is 0.112. The van der Waals surface area contributed by atoms with Gasteiger partial charge in [-0.15, -0.1) is 0 Å². The van der Waals surface area contributed by atoms with Gasteiger partial charge < -0.3 is 10.4 Å². The molecule has 0 saturated heterocycles. The Morgan fingerprint density at radius 2 is 2.05 bits per heavy atom. The van der Waals surface area contributed by atoms with Gasteiger partial charge in [0, 0.05) is 25.0 Å². The Kier molecular flexibility index (Phi) is 3.39. The highest BCUT2D eigenvalue weighted by Gasteiger charge is 2.35. The van der Waals surface area contributed by atoms with Gasteiger partial charge in [-0.3, -0.25) is 4.68 Å². The third-order valence-electron chi connectivity index (χ3n) is 2.54. The summed E-state index contributed by atoms with van der Waals surface area (Å²) in [5.41, 5.74) is -1.88. The van der Waals surface area contributed by atoms with Crippen LogP contribution in [0.5, 0.6) is 0 Å². The van der Waals surface area contributed by atoms with Crippen molar-refractivity contribution in [1.29, 1.82) is 0 Å². The van der Waals surface area contributed by atoms with Crippen LogP contribution in [-0.2, 0) is 13.2 Å². The van der Waals surface area contributed by atoms with Crippen LogP contribution in [0.3, 0.4) is 0 Å². The van der Waals surface area contributed by atoms with E-state index in [-0.39, 0.29) is 5.69 Å². The number of hydrogen-bond acceptors (Lipinski definition) is 3. The molecule has 0 aliphatic heterocycles. The van der Waals surface area contributed by atoms with Crippen LogP contribution in [0.4, 0.5) is 24.7 Å². The van der Waals surface area contributed by atoms with Gasteiger partial charge in [-0.1, -0.05) is 0 Å². The van der Waals surface area contributed by atoms with E-state index in [1.165, 1.54) is 10.7 Å². The fourth-order valence-corrected chi connectivity index (χ4v) is 1.67. The maximum atomic E-state index is 12.8. The van der Waals surface area contributed by atoms with Crippen LogP contribution in [0.25, 0.3) is 0 Å². The molecule has 8 heteroatoms. The fourth-order valence-electron chi connectivity index (χ4n) is 1.67. The van der Waals surface area contributed by atoms with Crippen molar-refractivity contribution < 1.29 is 23.1 Å². The van der Waals surface area contributed by atoms with Gasteiger partial charge in [0.05, 0.1) is 11.1 Å². The molecule has 1 heterocycles. The summed E-state index contributed by atoms with van der Waals surface area (Å²) in [5, 5.41) is 15.4. The van der Waals surface area contributed by atoms with Gasteiger partial charge in [0.1, 0.15) is 0 Å². The van der Waals surface area contributed by atoms with Crippen molar-refractivity contribution in [1.82, 2.24) is 9.78 Å². The highest BCUT2D eigenvalue weighted by molar-refractivity contribution is 5.90. The Labute approximate surface area is 111 Å². The average molecular weight is 285 g/mol. The van der Waals surface area contributed by atoms with Crippen LogP contribution in [0.2, 0.25) is 0 Å². The predicted molar refractivity (Wildman–Crippen MR) is 64.9 cm³/mol. The number of aryl methyl sites for hydroxylation is 1. The molecule has 0 bridgehead atoms. The monoisotopic (exact) mass is 285 g/mol. The van der Waals surface area contributed by atoms with E-state index in [1.807, 2.05) is 0 Å². The van der Waals surface area contributed by atoms with Crippen molar-refractivity contribution in [2.24, 2.45) is 7.05 Å². The van der Waals surface area contributed by atoms with Crippen LogP contribution >= 0.6 is 0 Å². The molecule has 2 aromatic rings. The summed E-state index contributed by atoms with van der Waals surface area (Å²) >= 11 is 0. The van der Waals surface area contributed by atoms with Gasteiger partial charge >= 0.3 is 12.1 Å². The maximum Gasteiger partial charge on any atom is 0.417 e. The summed E-state index contributed by atoms with van der Waals surface area (Å²) in [6.07, 6.45) is -3.12. The lowest BCUT2D eigenvalue weighted by Crippen LogP contribution is -2.13. The summed E-state index contributed by atoms with van der Waals surface area (Å²) in [6.45, 7) is 0. The Morgan fingerprint density at radius 1 is 1.35 bits per heavy atom. The quantitative estimate of drug-likeness (QED) is 0.910. The largest absolute Gasteiger partial charge is 0.478 e. The fraction of sp³-hybridized carbons (Fsp3) is 0.167. The second-order valence-corrected chi connectivity index (χ2v) is 4.06. The zero-order chi connectivity index (χ0) is 14.9. The molecule has 0 saturated carbocycles. The number of halogens is 3. The molecule has 0 fully saturated rings. The molecule has 2 N–H and O–H groups in total. The molecule has 0 atom stereocenters. The van der Waals surface area contributed by atoms with E-state index in [0.717, 1.165) is 12.1 Å². The number of carbonyl (C=O) groups is 1. The molecule has 1 aromatic carbocycles. The molecule has 20 heavy (non-hydrogen) atoms. The average Bonchev–Trinajstić information content (AvgIpc) is 2.73. The van der Waals surface area contributed by atoms with Crippen LogP contribution in [0, 0.1) is 0 Å². The second kappa shape index (κ2) is 4.87. The summed E-state index contributed by atoms with van der Waals surface area (Å²) < 4.78 is 39.9. The van der Waals surface area contributed by atoms with Gasteiger partial charge in [0.15, 0.2) is 5.82 Å². The number of carboxylic acid groups (broad SMARTS) is 1. The zero-order valence-electron chi connectivity index (χ0n) is 10.3. The smallest absolute Gasteiger partial charge is 0.417 e. The van der Waals surface area contributed by atoms with Crippen LogP contribution < -0.4 is 5.32 Å². The molecule has 0 aliphatic rings. The van der Waals surface area contributed by atoms with E-state index < -0.39 is 23.3 Å². The van der Waals surface area contributed by atoms with E-state index >= 15 is 0 Å². The lowest BCUT2D eigenvalue weighted by molar-refractivity contribution is -0.138. The van der Waals surface area contributed by atoms with Gasteiger partial charge in [0.2, 0.25) is 0 Å². The molecule has 0 unspecified atom stereocenters. The molecule has 0 radical (unpaired) electrons. The Balaban J connectivity index is 2.39. The minimum atomic E-state index is -4.74. The normalized spacial score (nSPS) is 11.4. The van der Waals surface area contributed by atoms with E-state index in [2.05, 4.69) is 10.4 Å². The summed E-state index contributed by atoms with van der Waals surface area (Å²) in [6, 6.07) is 4.50. The minimum Gasteiger partial charge on any atom is -0.478 e. The molecule has 2 rings (SSSR count). The number of aromatic carboxylic acids is 1. The van der Waals surface area contributed by atoms with Gasteiger partial charge in [-0.25, -0.2) is 4.79 Å². The van der Waals surface area contributed by atoms with Crippen molar-refractivity contribution in [3.8, 4) is 0 Å². The molecule has 1 aromatic heterocycles. The number of rotatable bonds is 3. The van der Waals surface area contributed by atoms with Crippen molar-refractivity contribution >= 4 is 17.5 Å². The number of nitrogens with one attached hydrogen (secondary N) is 1. The Bertz CT molecular complexity index is 650. The van der Waals surface area contributed by atoms with Gasteiger partial charge in [-0.2, -0.15) is 18.3 Å². The predicted octanol–water partition coefficient (Wildman–Crippen LogP) is 2.88. The third-order valence-corrected chi connectivity index (χ3v) is 2.54. The molecule has 0 amide bonds. The van der Waals surface area contributed by atoms with Crippen molar-refractivity contribution in [3.63, 3.8) is 0 Å². The first kappa shape index (κ1) is 13.9. The zero-order valence-corrected chi connectivity index (χ0v) is 10.3. The van der Waals surface area contributed by atoms with E-state index in [9.17, 15) is 18.0 Å². The first-order valence-corrected chi connectivity index (χ1v) is 5.48.